The molecular weight excluding hydrogens is 270 g/mol. The number of rotatable bonds is 6. The van der Waals surface area contributed by atoms with Gasteiger partial charge in [0.1, 0.15) is 0 Å². The van der Waals surface area contributed by atoms with Crippen LogP contribution in [0.15, 0.2) is 18.2 Å². The smallest absolute Gasteiger partial charge is 0.241 e. The molecule has 0 saturated heterocycles. The Hall–Kier alpha value is -1.62. The molecule has 0 aliphatic heterocycles. The van der Waals surface area contributed by atoms with Gasteiger partial charge in [0.15, 0.2) is 0 Å². The summed E-state index contributed by atoms with van der Waals surface area (Å²) in [4.78, 5) is 16.2. The summed E-state index contributed by atoms with van der Waals surface area (Å²) in [5, 5.41) is 0. The van der Waals surface area contributed by atoms with Crippen LogP contribution in [0.2, 0.25) is 0 Å². The van der Waals surface area contributed by atoms with Crippen molar-refractivity contribution in [2.75, 3.05) is 32.1 Å². The molecule has 1 aromatic carbocycles. The third kappa shape index (κ3) is 4.81. The lowest BCUT2D eigenvalue weighted by atomic mass is 10.1. The summed E-state index contributed by atoms with van der Waals surface area (Å²) in [5.74, 6) is 0.0590. The van der Waals surface area contributed by atoms with Crippen LogP contribution in [0, 0.1) is 13.8 Å². The zero-order chi connectivity index (χ0) is 15.3. The van der Waals surface area contributed by atoms with E-state index in [-0.39, 0.29) is 5.91 Å². The van der Waals surface area contributed by atoms with Crippen LogP contribution in [0.4, 0.5) is 5.69 Å². The van der Waals surface area contributed by atoms with Crippen LogP contribution in [0.1, 0.15) is 17.5 Å². The van der Waals surface area contributed by atoms with Gasteiger partial charge in [-0.3, -0.25) is 4.79 Å². The van der Waals surface area contributed by atoms with Crippen LogP contribution in [0.3, 0.4) is 0 Å². The summed E-state index contributed by atoms with van der Waals surface area (Å²) in [6.45, 7) is 5.03. The van der Waals surface area contributed by atoms with Crippen molar-refractivity contribution in [2.24, 2.45) is 5.73 Å². The van der Waals surface area contributed by atoms with Crippen molar-refractivity contribution in [2.45, 2.75) is 20.3 Å². The number of thiocarbonyl (C=S) groups is 1. The Morgan fingerprint density at radius 3 is 2.50 bits per heavy atom. The summed E-state index contributed by atoms with van der Waals surface area (Å²) in [6, 6.07) is 6.22. The number of anilines is 1. The Morgan fingerprint density at radius 2 is 1.95 bits per heavy atom. The van der Waals surface area contributed by atoms with E-state index in [0.717, 1.165) is 5.69 Å². The van der Waals surface area contributed by atoms with E-state index in [1.807, 2.05) is 18.0 Å². The molecule has 2 N–H and O–H groups in total. The second-order valence-electron chi connectivity index (χ2n) is 5.18. The van der Waals surface area contributed by atoms with Gasteiger partial charge in [0.25, 0.3) is 0 Å². The molecule has 0 bridgehead atoms. The molecule has 0 radical (unpaired) electrons. The zero-order valence-corrected chi connectivity index (χ0v) is 13.5. The van der Waals surface area contributed by atoms with Crippen LogP contribution >= 0.6 is 12.2 Å². The fourth-order valence-corrected chi connectivity index (χ4v) is 2.14. The predicted molar refractivity (Wildman–Crippen MR) is 88.2 cm³/mol. The topological polar surface area (TPSA) is 49.6 Å². The number of nitrogens with two attached hydrogens (primary N) is 1. The molecule has 0 fully saturated rings. The summed E-state index contributed by atoms with van der Waals surface area (Å²) in [5.41, 5.74) is 8.92. The maximum atomic E-state index is 12.1. The van der Waals surface area contributed by atoms with Crippen LogP contribution in [-0.4, -0.2) is 43.0 Å². The van der Waals surface area contributed by atoms with Crippen LogP contribution in [-0.2, 0) is 4.79 Å². The molecule has 0 atom stereocenters. The van der Waals surface area contributed by atoms with Gasteiger partial charge in [-0.2, -0.15) is 0 Å². The molecule has 5 heteroatoms. The average Bonchev–Trinajstić information content (AvgIpc) is 2.35. The van der Waals surface area contributed by atoms with Crippen molar-refractivity contribution in [3.63, 3.8) is 0 Å². The Labute approximate surface area is 126 Å². The first-order valence-corrected chi connectivity index (χ1v) is 7.02. The predicted octanol–water partition coefficient (Wildman–Crippen LogP) is 1.87. The van der Waals surface area contributed by atoms with Gasteiger partial charge in [-0.15, -0.1) is 0 Å². The van der Waals surface area contributed by atoms with E-state index in [4.69, 9.17) is 18.0 Å². The van der Waals surface area contributed by atoms with Crippen LogP contribution in [0.5, 0.6) is 0 Å². The highest BCUT2D eigenvalue weighted by Crippen LogP contribution is 2.19. The molecular formula is C15H23N3OS. The summed E-state index contributed by atoms with van der Waals surface area (Å²) in [6.07, 6.45) is 0.560. The highest BCUT2D eigenvalue weighted by molar-refractivity contribution is 7.80. The van der Waals surface area contributed by atoms with E-state index in [0.29, 0.717) is 24.5 Å². The number of hydrogen-bond acceptors (Lipinski definition) is 3. The summed E-state index contributed by atoms with van der Waals surface area (Å²) in [7, 11) is 3.70. The molecule has 0 aliphatic carbocycles. The van der Waals surface area contributed by atoms with Gasteiger partial charge in [-0.05, 0) is 25.5 Å². The lowest BCUT2D eigenvalue weighted by Crippen LogP contribution is -2.38. The maximum absolute atomic E-state index is 12.1. The number of nitrogens with zero attached hydrogens (tertiary/aromatic N) is 2. The third-order valence-corrected chi connectivity index (χ3v) is 3.46. The van der Waals surface area contributed by atoms with Gasteiger partial charge >= 0.3 is 0 Å². The molecule has 0 unspecified atom stereocenters. The second kappa shape index (κ2) is 7.24. The summed E-state index contributed by atoms with van der Waals surface area (Å²) < 4.78 is 0. The van der Waals surface area contributed by atoms with Gasteiger partial charge < -0.3 is 15.5 Å². The van der Waals surface area contributed by atoms with E-state index >= 15 is 0 Å². The minimum absolute atomic E-state index is 0.0590. The van der Waals surface area contributed by atoms with E-state index < -0.39 is 0 Å². The molecule has 0 spiro atoms. The first-order chi connectivity index (χ1) is 9.31. The van der Waals surface area contributed by atoms with E-state index in [1.54, 1.807) is 11.9 Å². The quantitative estimate of drug-likeness (QED) is 0.814. The lowest BCUT2D eigenvalue weighted by molar-refractivity contribution is -0.128. The number of benzene rings is 1. The number of likely N-dealkylation sites (N-methyl/N-ethyl adjacent to an activating group) is 2. The molecule has 4 nitrogen and oxygen atoms in total. The molecule has 1 amide bonds. The fraction of sp³-hybridized carbons (Fsp3) is 0.467. The molecule has 20 heavy (non-hydrogen) atoms. The minimum atomic E-state index is 0.0590. The van der Waals surface area contributed by atoms with Crippen LogP contribution in [0.25, 0.3) is 0 Å². The van der Waals surface area contributed by atoms with E-state index in [1.165, 1.54) is 11.1 Å². The maximum Gasteiger partial charge on any atom is 0.241 e. The Bertz CT molecular complexity index is 502. The van der Waals surface area contributed by atoms with Gasteiger partial charge in [-0.25, -0.2) is 0 Å². The normalized spacial score (nSPS) is 10.2. The Morgan fingerprint density at radius 1 is 1.30 bits per heavy atom. The van der Waals surface area contributed by atoms with Gasteiger partial charge in [-0.1, -0.05) is 29.9 Å². The molecule has 0 heterocycles. The highest BCUT2D eigenvalue weighted by Gasteiger charge is 2.13. The van der Waals surface area contributed by atoms with Crippen molar-refractivity contribution >= 4 is 28.8 Å². The van der Waals surface area contributed by atoms with Crippen molar-refractivity contribution in [3.05, 3.63) is 29.3 Å². The lowest BCUT2D eigenvalue weighted by Gasteiger charge is -2.24. The van der Waals surface area contributed by atoms with Gasteiger partial charge in [0, 0.05) is 32.7 Å². The molecule has 1 aromatic rings. The third-order valence-electron chi connectivity index (χ3n) is 3.26. The molecule has 1 rings (SSSR count). The molecule has 110 valence electrons. The van der Waals surface area contributed by atoms with Crippen molar-refractivity contribution in [1.82, 2.24) is 4.90 Å². The first kappa shape index (κ1) is 16.4. The monoisotopic (exact) mass is 293 g/mol. The highest BCUT2D eigenvalue weighted by atomic mass is 32.1. The SMILES string of the molecule is Cc1ccc(N(C)CC(=O)N(C)CCC(N)=S)c(C)c1. The number of amides is 1. The van der Waals surface area contributed by atoms with Crippen molar-refractivity contribution < 1.29 is 4.79 Å². The standard InChI is InChI=1S/C15H23N3OS/c1-11-5-6-13(12(2)9-11)18(4)10-15(19)17(3)8-7-14(16)20/h5-6,9H,7-8,10H2,1-4H3,(H2,16,20). The van der Waals surface area contributed by atoms with Crippen molar-refractivity contribution in [1.29, 1.82) is 0 Å². The molecule has 0 aromatic heterocycles. The van der Waals surface area contributed by atoms with Crippen molar-refractivity contribution in [3.8, 4) is 0 Å². The largest absolute Gasteiger partial charge is 0.393 e. The van der Waals surface area contributed by atoms with E-state index in [2.05, 4.69) is 26.0 Å². The van der Waals surface area contributed by atoms with Crippen LogP contribution < -0.4 is 10.6 Å². The summed E-state index contributed by atoms with van der Waals surface area (Å²) >= 11 is 4.82. The first-order valence-electron chi connectivity index (χ1n) is 6.62. The zero-order valence-electron chi connectivity index (χ0n) is 12.6. The molecule has 0 saturated carbocycles. The van der Waals surface area contributed by atoms with Gasteiger partial charge in [0.05, 0.1) is 11.5 Å². The second-order valence-corrected chi connectivity index (χ2v) is 5.70. The average molecular weight is 293 g/mol. The number of aryl methyl sites for hydroxylation is 2. The van der Waals surface area contributed by atoms with Gasteiger partial charge in [0.2, 0.25) is 5.91 Å². The number of carbonyl (C=O) groups excluding carboxylic acids is 1. The number of carbonyl (C=O) groups is 1. The fourth-order valence-electron chi connectivity index (χ4n) is 2.05. The minimum Gasteiger partial charge on any atom is -0.393 e. The van der Waals surface area contributed by atoms with E-state index in [9.17, 15) is 4.79 Å². The Kier molecular flexibility index (Phi) is 5.95. The Balaban J connectivity index is 2.63. The molecule has 0 aliphatic rings. The number of hydrogen-bond donors (Lipinski definition) is 1.